The molecule has 38 heavy (non-hydrogen) atoms. The van der Waals surface area contributed by atoms with Gasteiger partial charge in [0.25, 0.3) is 5.91 Å². The highest BCUT2D eigenvalue weighted by Crippen LogP contribution is 2.38. The molecule has 0 bridgehead atoms. The van der Waals surface area contributed by atoms with Crippen molar-refractivity contribution in [2.75, 3.05) is 59.4 Å². The van der Waals surface area contributed by atoms with E-state index >= 15 is 0 Å². The van der Waals surface area contributed by atoms with Crippen LogP contribution in [0.25, 0.3) is 0 Å². The fraction of sp³-hybridized carbons (Fsp3) is 0.414. The monoisotopic (exact) mass is 523 g/mol. The third-order valence-electron chi connectivity index (χ3n) is 6.31. The number of carbonyl (C=O) groups excluding carboxylic acids is 3. The van der Waals surface area contributed by atoms with Crippen LogP contribution in [0.3, 0.4) is 0 Å². The first-order valence-electron chi connectivity index (χ1n) is 12.7. The first-order chi connectivity index (χ1) is 18.2. The average Bonchev–Trinajstić information content (AvgIpc) is 3.15. The first-order valence-corrected chi connectivity index (χ1v) is 12.7. The van der Waals surface area contributed by atoms with E-state index in [0.29, 0.717) is 66.7 Å². The summed E-state index contributed by atoms with van der Waals surface area (Å²) in [4.78, 5) is 42.2. The molecule has 0 saturated carbocycles. The Balaban J connectivity index is 1.58. The second kappa shape index (κ2) is 13.6. The van der Waals surface area contributed by atoms with Gasteiger partial charge in [0.05, 0.1) is 21.3 Å². The van der Waals surface area contributed by atoms with E-state index in [1.807, 2.05) is 18.7 Å². The van der Waals surface area contributed by atoms with Crippen LogP contribution in [0.1, 0.15) is 47.4 Å². The zero-order chi connectivity index (χ0) is 27.7. The summed E-state index contributed by atoms with van der Waals surface area (Å²) >= 11 is 0. The molecule has 1 aliphatic rings. The molecule has 0 spiro atoms. The van der Waals surface area contributed by atoms with Crippen molar-refractivity contribution in [3.8, 4) is 17.2 Å². The number of ketones is 1. The number of ether oxygens (including phenoxy) is 3. The molecular weight excluding hydrogens is 486 g/mol. The van der Waals surface area contributed by atoms with Gasteiger partial charge < -0.3 is 29.3 Å². The number of amides is 2. The molecule has 1 fully saturated rings. The third-order valence-corrected chi connectivity index (χ3v) is 6.31. The van der Waals surface area contributed by atoms with Gasteiger partial charge in [-0.25, -0.2) is 0 Å². The fourth-order valence-corrected chi connectivity index (χ4v) is 4.40. The number of nitrogens with one attached hydrogen (secondary N) is 1. The average molecular weight is 524 g/mol. The van der Waals surface area contributed by atoms with Crippen molar-refractivity contribution in [3.05, 3.63) is 59.2 Å². The molecule has 9 nitrogen and oxygen atoms in total. The summed E-state index contributed by atoms with van der Waals surface area (Å²) in [7, 11) is 4.57. The van der Waals surface area contributed by atoms with Crippen molar-refractivity contribution >= 4 is 23.3 Å². The molecule has 1 heterocycles. The van der Waals surface area contributed by atoms with Crippen molar-refractivity contribution < 1.29 is 28.6 Å². The molecule has 0 aliphatic carbocycles. The molecule has 204 valence electrons. The number of rotatable bonds is 10. The lowest BCUT2D eigenvalue weighted by Crippen LogP contribution is -2.35. The van der Waals surface area contributed by atoms with Crippen molar-refractivity contribution in [3.63, 3.8) is 0 Å². The summed E-state index contributed by atoms with van der Waals surface area (Å²) in [6.07, 6.45) is 2.67. The van der Waals surface area contributed by atoms with Crippen LogP contribution in [0, 0.1) is 0 Å². The summed E-state index contributed by atoms with van der Waals surface area (Å²) in [5.74, 6) is 1.01. The van der Waals surface area contributed by atoms with Gasteiger partial charge in [-0.2, -0.15) is 0 Å². The second-order valence-electron chi connectivity index (χ2n) is 9.37. The van der Waals surface area contributed by atoms with Crippen LogP contribution >= 0.6 is 0 Å². The number of hydrogen-bond donors (Lipinski definition) is 1. The van der Waals surface area contributed by atoms with E-state index < -0.39 is 0 Å². The molecule has 2 amide bonds. The van der Waals surface area contributed by atoms with Gasteiger partial charge in [0.2, 0.25) is 11.7 Å². The quantitative estimate of drug-likeness (QED) is 0.371. The Morgan fingerprint density at radius 2 is 1.61 bits per heavy atom. The lowest BCUT2D eigenvalue weighted by molar-refractivity contribution is -0.112. The van der Waals surface area contributed by atoms with Gasteiger partial charge in [0, 0.05) is 55.5 Å². The van der Waals surface area contributed by atoms with Crippen molar-refractivity contribution in [2.45, 2.75) is 26.7 Å². The number of allylic oxidation sites excluding steroid dienone is 1. The number of nitrogens with zero attached hydrogens (tertiary/aromatic N) is 2. The second-order valence-corrected chi connectivity index (χ2v) is 9.37. The molecule has 2 aromatic rings. The SMILES string of the molecule is COc1cc(C(=O)N2CCCN(CCC(=O)c3cccc(NC(=O)C=C(C)C)c3)CC2)cc(OC)c1OC. The number of hydrogen-bond acceptors (Lipinski definition) is 7. The predicted octanol–water partition coefficient (Wildman–Crippen LogP) is 4.04. The first kappa shape index (κ1) is 28.7. The molecule has 3 rings (SSSR count). The van der Waals surface area contributed by atoms with E-state index in [-0.39, 0.29) is 17.6 Å². The third kappa shape index (κ3) is 7.58. The Labute approximate surface area is 224 Å². The standard InChI is InChI=1S/C29H37N3O6/c1-20(2)16-27(34)30-23-9-6-8-21(17-23)24(33)10-13-31-11-7-12-32(15-14-31)29(35)22-18-25(36-3)28(38-5)26(19-22)37-4/h6,8-9,16-19H,7,10-15H2,1-5H3,(H,30,34). The topological polar surface area (TPSA) is 97.4 Å². The smallest absolute Gasteiger partial charge is 0.254 e. The van der Waals surface area contributed by atoms with Crippen LogP contribution in [-0.2, 0) is 4.79 Å². The number of methoxy groups -OCH3 is 3. The number of Topliss-reactive ketones (excluding diaryl/α,β-unsaturated/α-hetero) is 1. The maximum Gasteiger partial charge on any atom is 0.254 e. The molecule has 9 heteroatoms. The number of carbonyl (C=O) groups is 3. The Bertz CT molecular complexity index is 1160. The van der Waals surface area contributed by atoms with E-state index in [1.54, 1.807) is 36.4 Å². The van der Waals surface area contributed by atoms with Crippen molar-refractivity contribution in [2.24, 2.45) is 0 Å². The summed E-state index contributed by atoms with van der Waals surface area (Å²) in [6, 6.07) is 10.3. The Morgan fingerprint density at radius 1 is 0.895 bits per heavy atom. The molecular formula is C29H37N3O6. The van der Waals surface area contributed by atoms with E-state index in [2.05, 4.69) is 10.2 Å². The lowest BCUT2D eigenvalue weighted by atomic mass is 10.1. The lowest BCUT2D eigenvalue weighted by Gasteiger charge is -2.23. The number of benzene rings is 2. The highest BCUT2D eigenvalue weighted by Gasteiger charge is 2.24. The van der Waals surface area contributed by atoms with Gasteiger partial charge in [0.15, 0.2) is 17.3 Å². The molecule has 2 aromatic carbocycles. The molecule has 1 N–H and O–H groups in total. The van der Waals surface area contributed by atoms with Crippen LogP contribution < -0.4 is 19.5 Å². The van der Waals surface area contributed by atoms with Gasteiger partial charge in [-0.05, 0) is 51.1 Å². The van der Waals surface area contributed by atoms with Crippen LogP contribution in [0.4, 0.5) is 5.69 Å². The number of anilines is 1. The Morgan fingerprint density at radius 3 is 2.24 bits per heavy atom. The molecule has 0 aromatic heterocycles. The van der Waals surface area contributed by atoms with E-state index in [0.717, 1.165) is 18.5 Å². The van der Waals surface area contributed by atoms with E-state index in [9.17, 15) is 14.4 Å². The van der Waals surface area contributed by atoms with Gasteiger partial charge >= 0.3 is 0 Å². The molecule has 1 saturated heterocycles. The molecule has 0 radical (unpaired) electrons. The van der Waals surface area contributed by atoms with Gasteiger partial charge in [0.1, 0.15) is 0 Å². The minimum absolute atomic E-state index is 0.0120. The fourth-order valence-electron chi connectivity index (χ4n) is 4.40. The summed E-state index contributed by atoms with van der Waals surface area (Å²) in [6.45, 7) is 6.94. The summed E-state index contributed by atoms with van der Waals surface area (Å²) in [5.41, 5.74) is 2.53. The maximum absolute atomic E-state index is 13.3. The highest BCUT2D eigenvalue weighted by molar-refractivity contribution is 6.02. The van der Waals surface area contributed by atoms with E-state index in [4.69, 9.17) is 14.2 Å². The normalized spacial score (nSPS) is 13.8. The van der Waals surface area contributed by atoms with Crippen LogP contribution in [0.5, 0.6) is 17.2 Å². The molecule has 0 unspecified atom stereocenters. The van der Waals surface area contributed by atoms with Crippen LogP contribution in [-0.4, -0.2) is 81.5 Å². The zero-order valence-electron chi connectivity index (χ0n) is 22.8. The Kier molecular flexibility index (Phi) is 10.3. The largest absolute Gasteiger partial charge is 0.493 e. The van der Waals surface area contributed by atoms with E-state index in [1.165, 1.54) is 27.4 Å². The van der Waals surface area contributed by atoms with Gasteiger partial charge in [-0.3, -0.25) is 14.4 Å². The van der Waals surface area contributed by atoms with Crippen molar-refractivity contribution in [1.29, 1.82) is 0 Å². The van der Waals surface area contributed by atoms with Crippen LogP contribution in [0.2, 0.25) is 0 Å². The Hall–Kier alpha value is -3.85. The molecule has 0 atom stereocenters. The predicted molar refractivity (Wildman–Crippen MR) is 147 cm³/mol. The van der Waals surface area contributed by atoms with Crippen molar-refractivity contribution in [1.82, 2.24) is 9.80 Å². The van der Waals surface area contributed by atoms with Gasteiger partial charge in [-0.1, -0.05) is 17.7 Å². The minimum Gasteiger partial charge on any atom is -0.493 e. The highest BCUT2D eigenvalue weighted by atomic mass is 16.5. The molecule has 1 aliphatic heterocycles. The van der Waals surface area contributed by atoms with Gasteiger partial charge in [-0.15, -0.1) is 0 Å². The zero-order valence-corrected chi connectivity index (χ0v) is 22.8. The minimum atomic E-state index is -0.218. The van der Waals surface area contributed by atoms with Crippen LogP contribution in [0.15, 0.2) is 48.0 Å². The summed E-state index contributed by atoms with van der Waals surface area (Å²) < 4.78 is 16.1. The maximum atomic E-state index is 13.3. The summed E-state index contributed by atoms with van der Waals surface area (Å²) in [5, 5.41) is 2.79.